The molecule has 0 radical (unpaired) electrons. The summed E-state index contributed by atoms with van der Waals surface area (Å²) in [5.74, 6) is -0.757. The molecule has 6 nitrogen and oxygen atoms in total. The van der Waals surface area contributed by atoms with Gasteiger partial charge in [-0.15, -0.1) is 0 Å². The van der Waals surface area contributed by atoms with Crippen LogP contribution in [0, 0.1) is 0 Å². The molecule has 90 valence electrons. The van der Waals surface area contributed by atoms with E-state index in [-0.39, 0.29) is 24.7 Å². The average Bonchev–Trinajstić information content (AvgIpc) is 2.29. The molecule has 1 saturated heterocycles. The van der Waals surface area contributed by atoms with Crippen LogP contribution in [0.5, 0.6) is 0 Å². The van der Waals surface area contributed by atoms with Crippen molar-refractivity contribution < 1.29 is 19.1 Å². The second-order valence-corrected chi connectivity index (χ2v) is 3.63. The number of carbonyl (C=O) groups is 3. The Kier molecular flexibility index (Phi) is 4.28. The zero-order valence-corrected chi connectivity index (χ0v) is 9.49. The van der Waals surface area contributed by atoms with Gasteiger partial charge in [0.05, 0.1) is 13.5 Å². The highest BCUT2D eigenvalue weighted by molar-refractivity contribution is 5.89. The van der Waals surface area contributed by atoms with Crippen molar-refractivity contribution in [2.45, 2.75) is 25.8 Å². The van der Waals surface area contributed by atoms with E-state index in [0.717, 1.165) is 0 Å². The highest BCUT2D eigenvalue weighted by Crippen LogP contribution is 2.07. The van der Waals surface area contributed by atoms with Crippen LogP contribution in [0.2, 0.25) is 0 Å². The summed E-state index contributed by atoms with van der Waals surface area (Å²) >= 11 is 0. The first-order valence-corrected chi connectivity index (χ1v) is 5.20. The average molecular weight is 228 g/mol. The van der Waals surface area contributed by atoms with E-state index in [1.165, 1.54) is 12.0 Å². The van der Waals surface area contributed by atoms with Crippen molar-refractivity contribution in [2.75, 3.05) is 20.2 Å². The Morgan fingerprint density at radius 3 is 2.81 bits per heavy atom. The first kappa shape index (κ1) is 12.5. The second-order valence-electron chi connectivity index (χ2n) is 3.63. The highest BCUT2D eigenvalue weighted by atomic mass is 16.5. The van der Waals surface area contributed by atoms with Gasteiger partial charge < -0.3 is 15.0 Å². The Morgan fingerprint density at radius 2 is 2.19 bits per heavy atom. The Labute approximate surface area is 93.9 Å². The maximum Gasteiger partial charge on any atom is 0.306 e. The maximum absolute atomic E-state index is 11.7. The van der Waals surface area contributed by atoms with Crippen LogP contribution in [0.15, 0.2) is 0 Å². The molecular weight excluding hydrogens is 212 g/mol. The Morgan fingerprint density at radius 1 is 1.50 bits per heavy atom. The number of hydrogen-bond donors (Lipinski definition) is 1. The molecule has 0 aromatic carbocycles. The maximum atomic E-state index is 11.7. The van der Waals surface area contributed by atoms with Gasteiger partial charge in [-0.2, -0.15) is 0 Å². The molecule has 1 fully saturated rings. The molecule has 1 atom stereocenters. The van der Waals surface area contributed by atoms with Crippen LogP contribution in [0.1, 0.15) is 19.8 Å². The van der Waals surface area contributed by atoms with Crippen molar-refractivity contribution in [2.24, 2.45) is 0 Å². The van der Waals surface area contributed by atoms with Crippen LogP contribution in [0.4, 0.5) is 0 Å². The van der Waals surface area contributed by atoms with Crippen LogP contribution >= 0.6 is 0 Å². The van der Waals surface area contributed by atoms with E-state index in [2.05, 4.69) is 10.1 Å². The van der Waals surface area contributed by atoms with Crippen molar-refractivity contribution in [1.29, 1.82) is 0 Å². The van der Waals surface area contributed by atoms with Gasteiger partial charge in [0.2, 0.25) is 11.8 Å². The van der Waals surface area contributed by atoms with Crippen molar-refractivity contribution in [1.82, 2.24) is 10.2 Å². The number of methoxy groups -OCH3 is 1. The zero-order valence-electron chi connectivity index (χ0n) is 9.49. The van der Waals surface area contributed by atoms with E-state index >= 15 is 0 Å². The molecule has 1 aliphatic heterocycles. The molecule has 16 heavy (non-hydrogen) atoms. The number of nitrogens with one attached hydrogen (secondary N) is 1. The highest BCUT2D eigenvalue weighted by Gasteiger charge is 2.28. The van der Waals surface area contributed by atoms with Gasteiger partial charge >= 0.3 is 5.97 Å². The van der Waals surface area contributed by atoms with E-state index in [1.54, 1.807) is 6.92 Å². The summed E-state index contributed by atoms with van der Waals surface area (Å²) in [6.07, 6.45) is 0.143. The van der Waals surface area contributed by atoms with Gasteiger partial charge in [0.25, 0.3) is 0 Å². The first-order valence-electron chi connectivity index (χ1n) is 5.20. The second kappa shape index (κ2) is 5.48. The Balaban J connectivity index is 2.46. The lowest BCUT2D eigenvalue weighted by molar-refractivity contribution is -0.146. The van der Waals surface area contributed by atoms with Gasteiger partial charge in [-0.1, -0.05) is 0 Å². The number of carbonyl (C=O) groups excluding carboxylic acids is 3. The lowest BCUT2D eigenvalue weighted by atomic mass is 10.1. The molecule has 0 spiro atoms. The van der Waals surface area contributed by atoms with Gasteiger partial charge in [-0.3, -0.25) is 14.4 Å². The smallest absolute Gasteiger partial charge is 0.306 e. The minimum Gasteiger partial charge on any atom is -0.469 e. The topological polar surface area (TPSA) is 75.7 Å². The molecule has 2 amide bonds. The predicted molar refractivity (Wildman–Crippen MR) is 55.4 cm³/mol. The number of esters is 1. The van der Waals surface area contributed by atoms with Crippen LogP contribution in [0.25, 0.3) is 0 Å². The summed E-state index contributed by atoms with van der Waals surface area (Å²) in [5.41, 5.74) is 0. The SMILES string of the molecule is COC(=O)CCC(=O)N1CCNC(=O)C1C. The third-order valence-corrected chi connectivity index (χ3v) is 2.59. The van der Waals surface area contributed by atoms with E-state index in [0.29, 0.717) is 13.1 Å². The number of ether oxygens (including phenoxy) is 1. The van der Waals surface area contributed by atoms with E-state index in [9.17, 15) is 14.4 Å². The summed E-state index contributed by atoms with van der Waals surface area (Å²) < 4.78 is 4.45. The van der Waals surface area contributed by atoms with Crippen molar-refractivity contribution in [3.63, 3.8) is 0 Å². The minimum atomic E-state index is -0.459. The number of hydrogen-bond acceptors (Lipinski definition) is 4. The lowest BCUT2D eigenvalue weighted by Gasteiger charge is -2.32. The Bertz CT molecular complexity index is 303. The first-order chi connectivity index (χ1) is 7.56. The van der Waals surface area contributed by atoms with Gasteiger partial charge in [-0.05, 0) is 6.92 Å². The molecule has 0 saturated carbocycles. The predicted octanol–water partition coefficient (Wildman–Crippen LogP) is -0.713. The molecule has 0 bridgehead atoms. The molecule has 0 aromatic heterocycles. The summed E-state index contributed by atoms with van der Waals surface area (Å²) in [6.45, 7) is 2.63. The third-order valence-electron chi connectivity index (χ3n) is 2.59. The molecular formula is C10H16N2O4. The number of rotatable bonds is 3. The summed E-state index contributed by atoms with van der Waals surface area (Å²) in [4.78, 5) is 35.4. The molecule has 1 rings (SSSR count). The van der Waals surface area contributed by atoms with Crippen molar-refractivity contribution >= 4 is 17.8 Å². The van der Waals surface area contributed by atoms with E-state index in [4.69, 9.17) is 0 Å². The standard InChI is InChI=1S/C10H16N2O4/c1-7-10(15)11-5-6-12(7)8(13)3-4-9(14)16-2/h7H,3-6H2,1-2H3,(H,11,15). The lowest BCUT2D eigenvalue weighted by Crippen LogP contribution is -2.55. The number of amides is 2. The molecule has 1 heterocycles. The monoisotopic (exact) mass is 228 g/mol. The van der Waals surface area contributed by atoms with E-state index < -0.39 is 12.0 Å². The molecule has 0 aliphatic carbocycles. The largest absolute Gasteiger partial charge is 0.469 e. The Hall–Kier alpha value is -1.59. The molecule has 1 aliphatic rings. The fourth-order valence-electron chi connectivity index (χ4n) is 1.58. The molecule has 1 N–H and O–H groups in total. The quantitative estimate of drug-likeness (QED) is 0.647. The molecule has 1 unspecified atom stereocenters. The number of piperazine rings is 1. The summed E-state index contributed by atoms with van der Waals surface area (Å²) in [5, 5.41) is 2.67. The third kappa shape index (κ3) is 2.95. The van der Waals surface area contributed by atoms with E-state index in [1.807, 2.05) is 0 Å². The van der Waals surface area contributed by atoms with Gasteiger partial charge in [0.1, 0.15) is 6.04 Å². The molecule has 0 aromatic rings. The van der Waals surface area contributed by atoms with Gasteiger partial charge in [0.15, 0.2) is 0 Å². The fraction of sp³-hybridized carbons (Fsp3) is 0.700. The van der Waals surface area contributed by atoms with Crippen LogP contribution in [-0.4, -0.2) is 48.9 Å². The fourth-order valence-corrected chi connectivity index (χ4v) is 1.58. The molecule has 6 heteroatoms. The van der Waals surface area contributed by atoms with Crippen LogP contribution < -0.4 is 5.32 Å². The number of nitrogens with zero attached hydrogens (tertiary/aromatic N) is 1. The van der Waals surface area contributed by atoms with Gasteiger partial charge in [0, 0.05) is 19.5 Å². The van der Waals surface area contributed by atoms with Crippen molar-refractivity contribution in [3.05, 3.63) is 0 Å². The zero-order chi connectivity index (χ0) is 12.1. The van der Waals surface area contributed by atoms with Gasteiger partial charge in [-0.25, -0.2) is 0 Å². The van der Waals surface area contributed by atoms with Crippen LogP contribution in [-0.2, 0) is 19.1 Å². The summed E-state index contributed by atoms with van der Waals surface area (Å²) in [6, 6.07) is -0.459. The summed E-state index contributed by atoms with van der Waals surface area (Å²) in [7, 11) is 1.28. The van der Waals surface area contributed by atoms with Crippen LogP contribution in [0.3, 0.4) is 0 Å². The normalized spacial score (nSPS) is 20.2. The van der Waals surface area contributed by atoms with Crippen molar-refractivity contribution in [3.8, 4) is 0 Å². The minimum absolute atomic E-state index is 0.0557.